The third kappa shape index (κ3) is 8.35. The predicted octanol–water partition coefficient (Wildman–Crippen LogP) is 7.48. The van der Waals surface area contributed by atoms with Crippen LogP contribution in [0.2, 0.25) is 0 Å². The van der Waals surface area contributed by atoms with Crippen LogP contribution in [0.1, 0.15) is 54.6 Å². The summed E-state index contributed by atoms with van der Waals surface area (Å²) in [6.07, 6.45) is 0.386. The minimum Gasteiger partial charge on any atom is -0.457 e. The Labute approximate surface area is 239 Å². The summed E-state index contributed by atoms with van der Waals surface area (Å²) < 4.78 is 23.9. The van der Waals surface area contributed by atoms with E-state index in [9.17, 15) is 18.8 Å². The third-order valence-corrected chi connectivity index (χ3v) is 6.76. The van der Waals surface area contributed by atoms with Gasteiger partial charge in [-0.25, -0.2) is 4.39 Å². The van der Waals surface area contributed by atoms with Gasteiger partial charge in [0.2, 0.25) is 5.91 Å². The molecule has 4 aromatic rings. The zero-order chi connectivity index (χ0) is 29.2. The number of benzene rings is 4. The molecule has 0 aliphatic heterocycles. The van der Waals surface area contributed by atoms with E-state index in [1.54, 1.807) is 24.3 Å². The first kappa shape index (κ1) is 29.2. The lowest BCUT2D eigenvalue weighted by molar-refractivity contribution is -0.142. The van der Waals surface area contributed by atoms with Crippen molar-refractivity contribution < 1.29 is 28.2 Å². The maximum atomic E-state index is 13.0. The molecular formula is C34H32FNO5. The topological polar surface area (TPSA) is 81.7 Å². The number of carbonyl (C=O) groups excluding carboxylic acids is 3. The van der Waals surface area contributed by atoms with Crippen molar-refractivity contribution in [3.63, 3.8) is 0 Å². The number of hydrogen-bond acceptors (Lipinski definition) is 5. The molecule has 0 saturated carbocycles. The van der Waals surface area contributed by atoms with Crippen molar-refractivity contribution in [2.45, 2.75) is 38.5 Å². The van der Waals surface area contributed by atoms with Crippen LogP contribution in [0.25, 0.3) is 0 Å². The fraction of sp³-hybridized carbons (Fsp3) is 0.206. The predicted molar refractivity (Wildman–Crippen MR) is 156 cm³/mol. The molecule has 1 N–H and O–H groups in total. The summed E-state index contributed by atoms with van der Waals surface area (Å²) in [5.41, 5.74) is 3.15. The minimum absolute atomic E-state index is 0.00177. The van der Waals surface area contributed by atoms with E-state index in [2.05, 4.69) is 43.4 Å². The van der Waals surface area contributed by atoms with Gasteiger partial charge < -0.3 is 14.8 Å². The van der Waals surface area contributed by atoms with Gasteiger partial charge >= 0.3 is 5.97 Å². The Kier molecular flexibility index (Phi) is 9.64. The van der Waals surface area contributed by atoms with Gasteiger partial charge in [0.25, 0.3) is 0 Å². The van der Waals surface area contributed by atoms with Crippen molar-refractivity contribution in [2.75, 3.05) is 11.9 Å². The molecule has 210 valence electrons. The van der Waals surface area contributed by atoms with Gasteiger partial charge in [-0.3, -0.25) is 14.4 Å². The van der Waals surface area contributed by atoms with Crippen molar-refractivity contribution in [1.82, 2.24) is 0 Å². The summed E-state index contributed by atoms with van der Waals surface area (Å²) >= 11 is 0. The zero-order valence-corrected chi connectivity index (χ0v) is 23.1. The second-order valence-corrected chi connectivity index (χ2v) is 10.1. The van der Waals surface area contributed by atoms with E-state index in [4.69, 9.17) is 9.47 Å². The van der Waals surface area contributed by atoms with E-state index in [0.29, 0.717) is 17.2 Å². The Morgan fingerprint density at radius 3 is 1.95 bits per heavy atom. The number of Topliss-reactive ketones (excluding diaryl/α,β-unsaturated/α-hetero) is 1. The Hall–Kier alpha value is -4.78. The molecule has 0 aromatic heterocycles. The molecule has 41 heavy (non-hydrogen) atoms. The lowest BCUT2D eigenvalue weighted by Gasteiger charge is -2.26. The fourth-order valence-corrected chi connectivity index (χ4v) is 4.26. The van der Waals surface area contributed by atoms with Crippen LogP contribution < -0.4 is 10.1 Å². The van der Waals surface area contributed by atoms with Crippen molar-refractivity contribution in [1.29, 1.82) is 0 Å². The highest BCUT2D eigenvalue weighted by molar-refractivity contribution is 5.98. The quantitative estimate of drug-likeness (QED) is 0.145. The van der Waals surface area contributed by atoms with Crippen molar-refractivity contribution >= 4 is 23.3 Å². The van der Waals surface area contributed by atoms with Gasteiger partial charge in [0.05, 0.1) is 0 Å². The van der Waals surface area contributed by atoms with E-state index < -0.39 is 24.2 Å². The second-order valence-electron chi connectivity index (χ2n) is 10.1. The van der Waals surface area contributed by atoms with Gasteiger partial charge in [0.15, 0.2) is 12.4 Å². The maximum absolute atomic E-state index is 13.0. The van der Waals surface area contributed by atoms with Crippen LogP contribution in [0.5, 0.6) is 11.5 Å². The number of ketones is 1. The molecule has 0 saturated heterocycles. The molecule has 4 aromatic carbocycles. The van der Waals surface area contributed by atoms with Gasteiger partial charge in [-0.05, 0) is 78.2 Å². The van der Waals surface area contributed by atoms with E-state index in [1.165, 1.54) is 35.4 Å². The van der Waals surface area contributed by atoms with Crippen molar-refractivity contribution in [3.8, 4) is 11.5 Å². The summed E-state index contributed by atoms with van der Waals surface area (Å²) in [6, 6.07) is 30.4. The lowest BCUT2D eigenvalue weighted by atomic mass is 9.78. The minimum atomic E-state index is -0.577. The molecule has 7 heteroatoms. The maximum Gasteiger partial charge on any atom is 0.306 e. The molecule has 6 nitrogen and oxygen atoms in total. The molecule has 0 aliphatic carbocycles. The van der Waals surface area contributed by atoms with E-state index >= 15 is 0 Å². The average Bonchev–Trinajstić information content (AvgIpc) is 2.98. The summed E-state index contributed by atoms with van der Waals surface area (Å²) in [6.45, 7) is 3.95. The number of nitrogens with one attached hydrogen (secondary N) is 1. The van der Waals surface area contributed by atoms with Crippen LogP contribution in [-0.4, -0.2) is 24.3 Å². The van der Waals surface area contributed by atoms with Crippen LogP contribution in [0.3, 0.4) is 0 Å². The van der Waals surface area contributed by atoms with E-state index in [1.807, 2.05) is 30.3 Å². The Bertz CT molecular complexity index is 1460. The molecule has 0 unspecified atom stereocenters. The van der Waals surface area contributed by atoms with Gasteiger partial charge in [-0.2, -0.15) is 0 Å². The summed E-state index contributed by atoms with van der Waals surface area (Å²) in [5, 5.41) is 2.79. The lowest BCUT2D eigenvalue weighted by Crippen LogP contribution is -2.18. The summed E-state index contributed by atoms with van der Waals surface area (Å²) in [4.78, 5) is 36.2. The average molecular weight is 554 g/mol. The first-order chi connectivity index (χ1) is 19.7. The van der Waals surface area contributed by atoms with Gasteiger partial charge in [0.1, 0.15) is 17.3 Å². The van der Waals surface area contributed by atoms with Crippen LogP contribution in [0.4, 0.5) is 10.1 Å². The highest BCUT2D eigenvalue weighted by atomic mass is 19.1. The highest BCUT2D eigenvalue weighted by Crippen LogP contribution is 2.33. The number of halogens is 1. The molecule has 0 bridgehead atoms. The molecule has 0 atom stereocenters. The molecule has 0 spiro atoms. The molecule has 0 radical (unpaired) electrons. The van der Waals surface area contributed by atoms with Crippen molar-refractivity contribution in [2.24, 2.45) is 0 Å². The standard InChI is InChI=1S/C34H32FNO5/c1-34(2,25-7-4-3-5-8-25)26-13-19-29(20-14-26)41-30-21-17-28(18-22-30)36-32(38)9-6-10-33(39)40-23-31(37)24-11-15-27(35)16-12-24/h3-5,7-8,11-22H,6,9-10,23H2,1-2H3,(H,36,38). The Morgan fingerprint density at radius 1 is 0.732 bits per heavy atom. The zero-order valence-electron chi connectivity index (χ0n) is 23.1. The van der Waals surface area contributed by atoms with Gasteiger partial charge in [0, 0.05) is 29.5 Å². The number of anilines is 1. The Morgan fingerprint density at radius 2 is 1.32 bits per heavy atom. The van der Waals surface area contributed by atoms with Gasteiger partial charge in [-0.15, -0.1) is 0 Å². The Balaban J connectivity index is 1.18. The number of hydrogen-bond donors (Lipinski definition) is 1. The molecule has 0 aliphatic rings. The number of carbonyl (C=O) groups is 3. The number of ether oxygens (including phenoxy) is 2. The molecule has 4 rings (SSSR count). The largest absolute Gasteiger partial charge is 0.457 e. The smallest absolute Gasteiger partial charge is 0.306 e. The van der Waals surface area contributed by atoms with Crippen LogP contribution in [-0.2, 0) is 19.7 Å². The second kappa shape index (κ2) is 13.5. The monoisotopic (exact) mass is 553 g/mol. The van der Waals surface area contributed by atoms with Gasteiger partial charge in [-0.1, -0.05) is 56.3 Å². The number of esters is 1. The SMILES string of the molecule is CC(C)(c1ccccc1)c1ccc(Oc2ccc(NC(=O)CCCC(=O)OCC(=O)c3ccc(F)cc3)cc2)cc1. The van der Waals surface area contributed by atoms with Crippen LogP contribution in [0.15, 0.2) is 103 Å². The highest BCUT2D eigenvalue weighted by Gasteiger charge is 2.22. The van der Waals surface area contributed by atoms with E-state index in [0.717, 1.165) is 0 Å². The van der Waals surface area contributed by atoms with Crippen LogP contribution >= 0.6 is 0 Å². The van der Waals surface area contributed by atoms with Crippen molar-refractivity contribution in [3.05, 3.63) is 126 Å². The fourth-order valence-electron chi connectivity index (χ4n) is 4.26. The summed E-state index contributed by atoms with van der Waals surface area (Å²) in [7, 11) is 0. The number of amides is 1. The number of rotatable bonds is 12. The molecule has 0 heterocycles. The molecule has 0 fully saturated rings. The molecule has 1 amide bonds. The summed E-state index contributed by atoms with van der Waals surface area (Å²) in [5.74, 6) is -0.355. The van der Waals surface area contributed by atoms with E-state index in [-0.39, 0.29) is 36.1 Å². The normalized spacial score (nSPS) is 11.0. The van der Waals surface area contributed by atoms with Crippen LogP contribution in [0, 0.1) is 5.82 Å². The first-order valence-corrected chi connectivity index (χ1v) is 13.4. The third-order valence-electron chi connectivity index (χ3n) is 6.76. The molecular weight excluding hydrogens is 521 g/mol. The first-order valence-electron chi connectivity index (χ1n) is 13.4.